The maximum atomic E-state index is 12.9. The van der Waals surface area contributed by atoms with Crippen molar-refractivity contribution in [3.8, 4) is 0 Å². The number of hydrogen-bond acceptors (Lipinski definition) is 4. The van der Waals surface area contributed by atoms with E-state index in [1.807, 2.05) is 24.3 Å². The number of morpholine rings is 1. The lowest BCUT2D eigenvalue weighted by atomic mass is 10.1. The van der Waals surface area contributed by atoms with Gasteiger partial charge in [-0.3, -0.25) is 14.4 Å². The zero-order valence-corrected chi connectivity index (χ0v) is 17.8. The summed E-state index contributed by atoms with van der Waals surface area (Å²) in [6.45, 7) is 1.70. The smallest absolute Gasteiger partial charge is 0.253 e. The number of carbonyl (C=O) groups excluding carboxylic acids is 3. The van der Waals surface area contributed by atoms with Crippen LogP contribution in [0.3, 0.4) is 0 Å². The number of anilines is 2. The molecule has 2 aliphatic heterocycles. The molecule has 2 aliphatic rings. The Hall–Kier alpha value is -2.90. The molecule has 2 aromatic carbocycles. The summed E-state index contributed by atoms with van der Waals surface area (Å²) >= 11 is 5.89. The minimum Gasteiger partial charge on any atom is -0.370 e. The largest absolute Gasteiger partial charge is 0.370 e. The summed E-state index contributed by atoms with van der Waals surface area (Å²) < 4.78 is 5.16. The number of halogens is 1. The normalized spacial score (nSPS) is 18.9. The molecule has 4 rings (SSSR count). The van der Waals surface area contributed by atoms with Crippen molar-refractivity contribution >= 4 is 40.7 Å². The van der Waals surface area contributed by atoms with Crippen LogP contribution in [0.4, 0.5) is 11.4 Å². The van der Waals surface area contributed by atoms with Crippen LogP contribution in [0.5, 0.6) is 0 Å². The summed E-state index contributed by atoms with van der Waals surface area (Å²) in [5, 5.41) is 3.47. The first kappa shape index (κ1) is 21.3. The number of nitrogens with zero attached hydrogens (tertiary/aromatic N) is 2. The maximum absolute atomic E-state index is 12.9. The van der Waals surface area contributed by atoms with Crippen LogP contribution in [0.15, 0.2) is 48.5 Å². The van der Waals surface area contributed by atoms with E-state index in [9.17, 15) is 14.4 Å². The van der Waals surface area contributed by atoms with Crippen LogP contribution in [-0.4, -0.2) is 55.0 Å². The van der Waals surface area contributed by atoms with Gasteiger partial charge in [-0.1, -0.05) is 23.7 Å². The Labute approximate surface area is 185 Å². The summed E-state index contributed by atoms with van der Waals surface area (Å²) in [5.74, 6) is -0.333. The molecular weight excluding hydrogens is 418 g/mol. The van der Waals surface area contributed by atoms with Gasteiger partial charge >= 0.3 is 0 Å². The van der Waals surface area contributed by atoms with E-state index >= 15 is 0 Å². The van der Waals surface area contributed by atoms with Crippen molar-refractivity contribution in [1.29, 1.82) is 0 Å². The molecule has 0 saturated carbocycles. The van der Waals surface area contributed by atoms with Gasteiger partial charge in [0.05, 0.1) is 13.0 Å². The summed E-state index contributed by atoms with van der Waals surface area (Å²) in [5.41, 5.74) is 2.30. The lowest BCUT2D eigenvalue weighted by molar-refractivity contribution is -0.136. The second-order valence-electron chi connectivity index (χ2n) is 7.68. The highest BCUT2D eigenvalue weighted by Crippen LogP contribution is 2.23. The SMILES string of the molecule is O=C(Nc1ccc(Cl)cc1)[C@@H]1CCCN1C(=O)Cc1ccc(N2CCOCC2=O)cc1. The highest BCUT2D eigenvalue weighted by molar-refractivity contribution is 6.30. The molecule has 1 N–H and O–H groups in total. The van der Waals surface area contributed by atoms with Gasteiger partial charge in [-0.15, -0.1) is 0 Å². The van der Waals surface area contributed by atoms with Crippen LogP contribution in [0.1, 0.15) is 18.4 Å². The average Bonchev–Trinajstić information content (AvgIpc) is 3.27. The molecule has 2 heterocycles. The molecule has 2 fully saturated rings. The van der Waals surface area contributed by atoms with Crippen LogP contribution in [0, 0.1) is 0 Å². The summed E-state index contributed by atoms with van der Waals surface area (Å²) in [6, 6.07) is 13.8. The fourth-order valence-electron chi connectivity index (χ4n) is 3.96. The zero-order chi connectivity index (χ0) is 21.8. The van der Waals surface area contributed by atoms with Gasteiger partial charge in [0.25, 0.3) is 5.91 Å². The van der Waals surface area contributed by atoms with Crippen molar-refractivity contribution in [2.24, 2.45) is 0 Å². The lowest BCUT2D eigenvalue weighted by Crippen LogP contribution is -2.43. The Bertz CT molecular complexity index is 962. The van der Waals surface area contributed by atoms with Crippen LogP contribution in [0.2, 0.25) is 5.02 Å². The van der Waals surface area contributed by atoms with Gasteiger partial charge in [-0.2, -0.15) is 0 Å². The van der Waals surface area contributed by atoms with Gasteiger partial charge in [0.15, 0.2) is 0 Å². The van der Waals surface area contributed by atoms with E-state index in [1.165, 1.54) is 0 Å². The number of hydrogen-bond donors (Lipinski definition) is 1. The van der Waals surface area contributed by atoms with Gasteiger partial charge < -0.3 is 19.9 Å². The molecule has 7 nitrogen and oxygen atoms in total. The first-order valence-electron chi connectivity index (χ1n) is 10.3. The molecule has 0 aliphatic carbocycles. The number of amides is 3. The maximum Gasteiger partial charge on any atom is 0.253 e. The van der Waals surface area contributed by atoms with Gasteiger partial charge in [-0.05, 0) is 54.8 Å². The zero-order valence-electron chi connectivity index (χ0n) is 17.1. The molecule has 162 valence electrons. The van der Waals surface area contributed by atoms with Crippen molar-refractivity contribution in [2.75, 3.05) is 36.5 Å². The number of likely N-dealkylation sites (tertiary alicyclic amines) is 1. The predicted molar refractivity (Wildman–Crippen MR) is 118 cm³/mol. The Balaban J connectivity index is 1.37. The van der Waals surface area contributed by atoms with Gasteiger partial charge in [-0.25, -0.2) is 0 Å². The molecule has 0 bridgehead atoms. The van der Waals surface area contributed by atoms with Crippen LogP contribution in [0.25, 0.3) is 0 Å². The Morgan fingerprint density at radius 1 is 1.06 bits per heavy atom. The van der Waals surface area contributed by atoms with Crippen molar-refractivity contribution in [1.82, 2.24) is 4.90 Å². The molecule has 2 saturated heterocycles. The van der Waals surface area contributed by atoms with Crippen molar-refractivity contribution in [2.45, 2.75) is 25.3 Å². The summed E-state index contributed by atoms with van der Waals surface area (Å²) in [6.07, 6.45) is 1.65. The van der Waals surface area contributed by atoms with Gasteiger partial charge in [0.2, 0.25) is 11.8 Å². The third kappa shape index (κ3) is 5.06. The summed E-state index contributed by atoms with van der Waals surface area (Å²) in [7, 11) is 0. The molecule has 0 spiro atoms. The first-order chi connectivity index (χ1) is 15.0. The number of ether oxygens (including phenoxy) is 1. The van der Waals surface area contributed by atoms with Crippen LogP contribution in [-0.2, 0) is 25.5 Å². The fraction of sp³-hybridized carbons (Fsp3) is 0.348. The molecular formula is C23H24ClN3O4. The minimum absolute atomic E-state index is 0.0679. The van der Waals surface area contributed by atoms with Gasteiger partial charge in [0.1, 0.15) is 12.6 Å². The molecule has 2 aromatic rings. The topological polar surface area (TPSA) is 79.0 Å². The number of rotatable bonds is 5. The molecule has 31 heavy (non-hydrogen) atoms. The van der Waals surface area contributed by atoms with E-state index in [4.69, 9.17) is 16.3 Å². The van der Waals surface area contributed by atoms with E-state index in [2.05, 4.69) is 5.32 Å². The lowest BCUT2D eigenvalue weighted by Gasteiger charge is -2.27. The van der Waals surface area contributed by atoms with E-state index < -0.39 is 6.04 Å². The van der Waals surface area contributed by atoms with Crippen molar-refractivity contribution in [3.05, 3.63) is 59.1 Å². The molecule has 0 radical (unpaired) electrons. The van der Waals surface area contributed by atoms with E-state index in [-0.39, 0.29) is 30.7 Å². The predicted octanol–water partition coefficient (Wildman–Crippen LogP) is 2.88. The minimum atomic E-state index is -0.478. The fourth-order valence-corrected chi connectivity index (χ4v) is 4.08. The number of carbonyl (C=O) groups is 3. The molecule has 3 amide bonds. The highest BCUT2D eigenvalue weighted by Gasteiger charge is 2.34. The third-order valence-electron chi connectivity index (χ3n) is 5.58. The Kier molecular flexibility index (Phi) is 6.53. The summed E-state index contributed by atoms with van der Waals surface area (Å²) in [4.78, 5) is 41.0. The van der Waals surface area contributed by atoms with Crippen LogP contribution < -0.4 is 10.2 Å². The Morgan fingerprint density at radius 2 is 1.81 bits per heavy atom. The molecule has 1 atom stereocenters. The van der Waals surface area contributed by atoms with Gasteiger partial charge in [0, 0.05) is 29.5 Å². The average molecular weight is 442 g/mol. The number of benzene rings is 2. The van der Waals surface area contributed by atoms with E-state index in [0.717, 1.165) is 17.7 Å². The third-order valence-corrected chi connectivity index (χ3v) is 5.83. The Morgan fingerprint density at radius 3 is 2.52 bits per heavy atom. The van der Waals surface area contributed by atoms with E-state index in [1.54, 1.807) is 34.1 Å². The van der Waals surface area contributed by atoms with Crippen molar-refractivity contribution in [3.63, 3.8) is 0 Å². The highest BCUT2D eigenvalue weighted by atomic mass is 35.5. The van der Waals surface area contributed by atoms with Crippen molar-refractivity contribution < 1.29 is 19.1 Å². The molecule has 8 heteroatoms. The monoisotopic (exact) mass is 441 g/mol. The molecule has 0 aromatic heterocycles. The van der Waals surface area contributed by atoms with E-state index in [0.29, 0.717) is 36.8 Å². The second kappa shape index (κ2) is 9.49. The van der Waals surface area contributed by atoms with Crippen LogP contribution >= 0.6 is 11.6 Å². The standard InChI is InChI=1S/C23H24ClN3O4/c24-17-5-7-18(8-6-17)25-23(30)20-2-1-11-27(20)21(28)14-16-3-9-19(10-4-16)26-12-13-31-15-22(26)29/h3-10,20H,1-2,11-15H2,(H,25,30)/t20-/m0/s1. The number of nitrogens with one attached hydrogen (secondary N) is 1. The first-order valence-corrected chi connectivity index (χ1v) is 10.7. The molecule has 0 unspecified atom stereocenters. The second-order valence-corrected chi connectivity index (χ2v) is 8.12. The quantitative estimate of drug-likeness (QED) is 0.773.